The zero-order valence-corrected chi connectivity index (χ0v) is 65.0. The fourth-order valence-corrected chi connectivity index (χ4v) is 15.9. The molecule has 33 nitrogen and oxygen atoms in total. The first-order valence-corrected chi connectivity index (χ1v) is 41.9. The summed E-state index contributed by atoms with van der Waals surface area (Å²) in [5.74, 6) is -0.733. The first-order valence-electron chi connectivity index (χ1n) is 33.8. The molecule has 6 heterocycles. The van der Waals surface area contributed by atoms with E-state index in [0.717, 1.165) is 40.8 Å². The van der Waals surface area contributed by atoms with E-state index in [4.69, 9.17) is 58.6 Å². The number of nitrogen functional groups attached to an aromatic ring is 3. The molecule has 0 fully saturated rings. The lowest BCUT2D eigenvalue weighted by Crippen LogP contribution is -2.13. The normalized spacial score (nSPS) is 13.0. The molecule has 0 amide bonds. The molecular weight excluding hydrogens is 1580 g/mol. The summed E-state index contributed by atoms with van der Waals surface area (Å²) in [4.78, 5) is 103. The van der Waals surface area contributed by atoms with Crippen LogP contribution < -0.4 is 33.9 Å². The number of hydrogen-bond donors (Lipinski definition) is 6. The quantitative estimate of drug-likeness (QED) is 0.0118. The molecule has 0 aliphatic carbocycles. The van der Waals surface area contributed by atoms with E-state index in [9.17, 15) is 55.6 Å². The molecule has 3 atom stereocenters. The Morgan fingerprint density at radius 2 is 0.804 bits per heavy atom. The van der Waals surface area contributed by atoms with Crippen LogP contribution in [0.15, 0.2) is 173 Å². The fourth-order valence-electron chi connectivity index (χ4n) is 9.72. The highest BCUT2D eigenvalue weighted by Crippen LogP contribution is 2.51. The third-order valence-electron chi connectivity index (χ3n) is 15.1. The third-order valence-corrected chi connectivity index (χ3v) is 22.4. The first-order chi connectivity index (χ1) is 53.8. The summed E-state index contributed by atoms with van der Waals surface area (Å²) in [5.41, 5.74) is 20.3. The Hall–Kier alpha value is -9.53. The van der Waals surface area contributed by atoms with Gasteiger partial charge in [0.05, 0.1) is 78.4 Å². The van der Waals surface area contributed by atoms with Gasteiger partial charge in [0, 0.05) is 54.4 Å². The molecule has 0 saturated carbocycles. The first kappa shape index (κ1) is 86.5. The number of nitrogens with one attached hydrogen (secondary N) is 3. The molecule has 6 aromatic heterocycles. The number of anilines is 3. The Labute approximate surface area is 649 Å². The topological polar surface area (TPSA) is 454 Å². The zero-order valence-electron chi connectivity index (χ0n) is 59.9. The van der Waals surface area contributed by atoms with Crippen molar-refractivity contribution >= 4 is 125 Å². The van der Waals surface area contributed by atoms with Gasteiger partial charge in [-0.2, -0.15) is 15.0 Å². The minimum absolute atomic E-state index is 0.0184. The Kier molecular flexibility index (Phi) is 33.1. The van der Waals surface area contributed by atoms with Gasteiger partial charge in [-0.15, -0.1) is 6.58 Å². The molecule has 0 aliphatic rings. The van der Waals surface area contributed by atoms with Crippen molar-refractivity contribution in [1.29, 1.82) is 0 Å². The number of ether oxygens (including phenoxy) is 3. The molecule has 0 aliphatic heterocycles. The number of imidazole rings is 3. The van der Waals surface area contributed by atoms with Crippen LogP contribution in [0.25, 0.3) is 33.5 Å². The van der Waals surface area contributed by atoms with E-state index in [0.29, 0.717) is 27.8 Å². The van der Waals surface area contributed by atoms with Crippen LogP contribution in [-0.4, -0.2) is 150 Å². The van der Waals surface area contributed by atoms with Gasteiger partial charge in [0.15, 0.2) is 38.6 Å². The number of halogens is 3. The van der Waals surface area contributed by atoms with E-state index in [1.165, 1.54) is 79.7 Å². The Balaban J connectivity index is 0.000000193. The van der Waals surface area contributed by atoms with Gasteiger partial charge in [-0.1, -0.05) is 138 Å². The van der Waals surface area contributed by atoms with Crippen molar-refractivity contribution in [1.82, 2.24) is 58.6 Å². The molecule has 9 N–H and O–H groups in total. The number of H-pyrrole nitrogens is 3. The van der Waals surface area contributed by atoms with Crippen molar-refractivity contribution in [2.75, 3.05) is 93.1 Å². The molecule has 42 heteroatoms. The number of thioether (sulfide) groups is 3. The fraction of sp³-hybridized carbons (Fsp3) is 0.286. The summed E-state index contributed by atoms with van der Waals surface area (Å²) in [6.45, 7) is 5.79. The number of benzene rings is 5. The number of nitrogens with zero attached hydrogens (tertiary/aromatic N) is 9. The van der Waals surface area contributed by atoms with Gasteiger partial charge in [-0.05, 0) is 60.0 Å². The van der Waals surface area contributed by atoms with E-state index < -0.39 is 56.9 Å². The number of hydrogen-bond acceptors (Lipinski definition) is 30. The van der Waals surface area contributed by atoms with Crippen molar-refractivity contribution in [2.45, 2.75) is 52.8 Å². The molecular formula is C70H77F3N15O18P3S3. The average molecular weight is 1660 g/mol. The van der Waals surface area contributed by atoms with E-state index in [2.05, 4.69) is 51.4 Å². The number of allylic oxidation sites excluding steroid dienone is 1. The van der Waals surface area contributed by atoms with Gasteiger partial charge in [0.1, 0.15) is 36.5 Å². The van der Waals surface area contributed by atoms with E-state index in [1.54, 1.807) is 68.3 Å². The van der Waals surface area contributed by atoms with Crippen LogP contribution >= 0.6 is 58.1 Å². The maximum Gasteiger partial charge on any atom is 0.356 e. The molecule has 0 spiro atoms. The van der Waals surface area contributed by atoms with Gasteiger partial charge >= 0.3 is 22.8 Å². The number of aryl methyl sites for hydroxylation is 1. The predicted octanol–water partition coefficient (Wildman–Crippen LogP) is 11.0. The second-order valence-corrected chi connectivity index (χ2v) is 32.8. The molecule has 0 saturated heterocycles. The summed E-state index contributed by atoms with van der Waals surface area (Å²) >= 11 is 3.10. The van der Waals surface area contributed by atoms with Gasteiger partial charge in [-0.3, -0.25) is 57.4 Å². The summed E-state index contributed by atoms with van der Waals surface area (Å²) in [6, 6.07) is 33.1. The number of aromatic nitrogens is 12. The van der Waals surface area contributed by atoms with Gasteiger partial charge in [0.2, 0.25) is 28.1 Å². The molecule has 11 aromatic rings. The predicted molar refractivity (Wildman–Crippen MR) is 418 cm³/mol. The maximum atomic E-state index is 13.6. The lowest BCUT2D eigenvalue weighted by molar-refractivity contribution is -0.110. The molecule has 0 radical (unpaired) electrons. The number of nitrogens with two attached hydrogens (primary N) is 3. The van der Waals surface area contributed by atoms with Crippen LogP contribution in [0.3, 0.4) is 0 Å². The summed E-state index contributed by atoms with van der Waals surface area (Å²) in [5, 5.41) is -0.358. The lowest BCUT2D eigenvalue weighted by Gasteiger charge is -2.19. The summed E-state index contributed by atoms with van der Waals surface area (Å²) in [6.07, 6.45) is 4.84. The van der Waals surface area contributed by atoms with Crippen molar-refractivity contribution in [3.8, 4) is 0 Å². The molecule has 3 unspecified atom stereocenters. The zero-order chi connectivity index (χ0) is 80.1. The molecule has 5 aromatic carbocycles. The number of fused-ring (bicyclic) bond motifs is 3. The second-order valence-electron chi connectivity index (χ2n) is 23.6. The second kappa shape index (κ2) is 42.9. The largest absolute Gasteiger partial charge is 0.369 e. The Bertz CT molecular complexity index is 5360. The number of carbonyl (C=O) groups is 3. The van der Waals surface area contributed by atoms with Crippen LogP contribution in [0.2, 0.25) is 0 Å². The average Bonchev–Trinajstić information content (AvgIpc) is 1.66. The highest BCUT2D eigenvalue weighted by atomic mass is 32.2. The van der Waals surface area contributed by atoms with Crippen LogP contribution in [-0.2, 0) is 99.3 Å². The summed E-state index contributed by atoms with van der Waals surface area (Å²) in [7, 11) is -11.3. The van der Waals surface area contributed by atoms with Crippen LogP contribution in [0.4, 0.5) is 31.0 Å². The van der Waals surface area contributed by atoms with Gasteiger partial charge < -0.3 is 72.3 Å². The van der Waals surface area contributed by atoms with Crippen LogP contribution in [0, 0.1) is 24.4 Å². The van der Waals surface area contributed by atoms with Gasteiger partial charge in [0.25, 0.3) is 16.7 Å². The monoisotopic (exact) mass is 1660 g/mol. The Morgan fingerprint density at radius 3 is 1.14 bits per heavy atom. The van der Waals surface area contributed by atoms with Crippen molar-refractivity contribution in [2.24, 2.45) is 0 Å². The van der Waals surface area contributed by atoms with Crippen molar-refractivity contribution in [3.63, 3.8) is 0 Å². The SMILES string of the molecule is C=CCC(=O)SCCOP(=O)(COCCn1cnc2c(=O)[nH]c(N)nc21)OCc1cccc(F)c1.Cc1ccc(C(=O)SCCOP(=O)(COCCn2cnc3c(=O)[nH]c(N)nc32)OCc2cccc(F)c2)cc1.Nc1nc2c(ncn2CCOCP(=O)(OCCSC(=O)c2ccccc2)OCc2cccc(F)c2)c(=O)[nH]1. The molecule has 112 heavy (non-hydrogen) atoms. The van der Waals surface area contributed by atoms with Crippen molar-refractivity contribution < 1.29 is 82.6 Å². The molecule has 0 bridgehead atoms. The van der Waals surface area contributed by atoms with Gasteiger partial charge in [-0.25, -0.2) is 28.1 Å². The number of aromatic amines is 3. The lowest BCUT2D eigenvalue weighted by atomic mass is 10.2. The summed E-state index contributed by atoms with van der Waals surface area (Å²) < 4.78 is 135. The van der Waals surface area contributed by atoms with E-state index >= 15 is 0 Å². The van der Waals surface area contributed by atoms with Crippen molar-refractivity contribution in [3.05, 3.63) is 241 Å². The van der Waals surface area contributed by atoms with E-state index in [-0.39, 0.29) is 189 Å². The van der Waals surface area contributed by atoms with Crippen LogP contribution in [0.1, 0.15) is 49.4 Å². The number of carbonyl (C=O) groups excluding carboxylic acids is 3. The smallest absolute Gasteiger partial charge is 0.356 e. The van der Waals surface area contributed by atoms with E-state index in [1.807, 2.05) is 25.1 Å². The highest BCUT2D eigenvalue weighted by Gasteiger charge is 2.29. The Morgan fingerprint density at radius 1 is 0.464 bits per heavy atom. The standard InChI is InChI=1S/C25H27FN5O6PS.C24H25FN5O6PS.C21H25FN5O6PS/c1-17-5-7-19(8-6-17)24(33)39-12-11-36-38(34,37-14-18-3-2-4-20(26)13-18)16-35-10-9-31-15-28-21-22(31)29-25(27)30-23(21)32;25-19-8-4-5-17(13-19)14-36-37(33,35-11-12-38-23(32)18-6-2-1-3-7-18)16-34-10-9-30-15-27-20-21(30)28-24(26)29-22(20)31;1-2-4-17(28)35-10-9-32-34(30,33-12-15-5-3-6-16(22)11-15)14-31-8-7-27-13-24-18-19(27)25-21(23)26-20(18)29/h2-8,13,15H,9-12,14,16H2,1H3,(H3,27,29,30,32);1-8,13,15H,9-12,14,16H2,(H3,26,28,29,31);2-3,5-6,11,13H,1,4,7-10,12,14H2,(H3,23,25,26,29). The molecule has 594 valence electrons. The number of rotatable bonds is 40. The molecule has 11 rings (SSSR count). The minimum Gasteiger partial charge on any atom is -0.369 e. The maximum absolute atomic E-state index is 13.6. The van der Waals surface area contributed by atoms with Crippen LogP contribution in [0.5, 0.6) is 0 Å². The highest BCUT2D eigenvalue weighted by molar-refractivity contribution is 8.14. The minimum atomic E-state index is -3.79. The third kappa shape index (κ3) is 27.4.